The minimum atomic E-state index is 0.269. The van der Waals surface area contributed by atoms with Crippen LogP contribution in [-0.4, -0.2) is 28.5 Å². The maximum absolute atomic E-state index is 6.35. The molecule has 0 aromatic carbocycles. The lowest BCUT2D eigenvalue weighted by Gasteiger charge is -2.32. The minimum Gasteiger partial charge on any atom is -0.326 e. The lowest BCUT2D eigenvalue weighted by atomic mass is 10.0. The lowest BCUT2D eigenvalue weighted by molar-refractivity contribution is 0.172. The number of hydrogen-bond donors (Lipinski definition) is 1. The molecule has 4 heteroatoms. The maximum Gasteiger partial charge on any atom is 0.0795 e. The number of hydrogen-bond acceptors (Lipinski definition) is 4. The van der Waals surface area contributed by atoms with E-state index in [1.54, 1.807) is 11.3 Å². The molecule has 3 nitrogen and oxygen atoms in total. The smallest absolute Gasteiger partial charge is 0.0795 e. The fourth-order valence-electron chi connectivity index (χ4n) is 2.79. The molecule has 1 saturated carbocycles. The molecule has 2 fully saturated rings. The van der Waals surface area contributed by atoms with Gasteiger partial charge in [-0.3, -0.25) is 4.90 Å². The molecule has 2 N–H and O–H groups in total. The molecule has 1 aromatic heterocycles. The molecule has 2 aliphatic rings. The Bertz CT molecular complexity index is 334. The van der Waals surface area contributed by atoms with Gasteiger partial charge in [0.1, 0.15) is 0 Å². The largest absolute Gasteiger partial charge is 0.326 e. The van der Waals surface area contributed by atoms with Crippen molar-refractivity contribution < 1.29 is 0 Å². The molecule has 0 radical (unpaired) electrons. The fourth-order valence-corrected chi connectivity index (χ4v) is 3.37. The summed E-state index contributed by atoms with van der Waals surface area (Å²) in [5.74, 6) is 0. The van der Waals surface area contributed by atoms with Crippen molar-refractivity contribution in [3.05, 3.63) is 16.6 Å². The van der Waals surface area contributed by atoms with E-state index in [0.29, 0.717) is 6.04 Å². The third kappa shape index (κ3) is 2.01. The summed E-state index contributed by atoms with van der Waals surface area (Å²) in [6.07, 6.45) is 6.42. The average molecular weight is 237 g/mol. The van der Waals surface area contributed by atoms with Crippen molar-refractivity contribution in [3.63, 3.8) is 0 Å². The van der Waals surface area contributed by atoms with Crippen molar-refractivity contribution in [1.82, 2.24) is 9.88 Å². The van der Waals surface area contributed by atoms with Crippen molar-refractivity contribution in [1.29, 1.82) is 0 Å². The molecular formula is C12H19N3S. The van der Waals surface area contributed by atoms with E-state index in [1.165, 1.54) is 37.9 Å². The monoisotopic (exact) mass is 237 g/mol. The van der Waals surface area contributed by atoms with E-state index >= 15 is 0 Å². The Hall–Kier alpha value is -0.450. The van der Waals surface area contributed by atoms with Crippen LogP contribution in [0.5, 0.6) is 0 Å². The summed E-state index contributed by atoms with van der Waals surface area (Å²) in [6, 6.07) is 1.43. The molecule has 1 saturated heterocycles. The van der Waals surface area contributed by atoms with Crippen molar-refractivity contribution in [2.75, 3.05) is 6.54 Å². The van der Waals surface area contributed by atoms with E-state index in [1.807, 2.05) is 5.51 Å². The number of nitrogens with two attached hydrogens (primary N) is 1. The van der Waals surface area contributed by atoms with Crippen LogP contribution < -0.4 is 5.73 Å². The molecule has 3 rings (SSSR count). The summed E-state index contributed by atoms with van der Waals surface area (Å²) in [4.78, 5) is 7.11. The number of likely N-dealkylation sites (tertiary alicyclic amines) is 1. The molecule has 2 heterocycles. The van der Waals surface area contributed by atoms with Gasteiger partial charge in [-0.25, -0.2) is 4.98 Å². The van der Waals surface area contributed by atoms with E-state index in [4.69, 9.17) is 5.73 Å². The number of thiazole rings is 1. The molecule has 1 aromatic rings. The summed E-state index contributed by atoms with van der Waals surface area (Å²) in [5, 5.41) is 2.17. The zero-order valence-electron chi connectivity index (χ0n) is 9.51. The summed E-state index contributed by atoms with van der Waals surface area (Å²) >= 11 is 1.68. The minimum absolute atomic E-state index is 0.269. The Balaban J connectivity index is 1.87. The second-order valence-electron chi connectivity index (χ2n) is 4.99. The van der Waals surface area contributed by atoms with Crippen LogP contribution in [0.4, 0.5) is 0 Å². The third-order valence-electron chi connectivity index (χ3n) is 3.74. The molecule has 1 aliphatic heterocycles. The van der Waals surface area contributed by atoms with Crippen molar-refractivity contribution in [2.24, 2.45) is 5.73 Å². The highest BCUT2D eigenvalue weighted by Crippen LogP contribution is 2.38. The van der Waals surface area contributed by atoms with Gasteiger partial charge in [0.2, 0.25) is 0 Å². The second-order valence-corrected chi connectivity index (χ2v) is 5.71. The van der Waals surface area contributed by atoms with Crippen LogP contribution in [-0.2, 0) is 0 Å². The van der Waals surface area contributed by atoms with Crippen LogP contribution in [0.25, 0.3) is 0 Å². The first-order valence-corrected chi connectivity index (χ1v) is 7.20. The SMILES string of the molecule is NC1CCCCN(C2CC2)C1c1cscn1. The van der Waals surface area contributed by atoms with E-state index in [2.05, 4.69) is 15.3 Å². The Labute approximate surface area is 101 Å². The maximum atomic E-state index is 6.35. The molecule has 0 bridgehead atoms. The number of aromatic nitrogens is 1. The number of nitrogens with zero attached hydrogens (tertiary/aromatic N) is 2. The van der Waals surface area contributed by atoms with Gasteiger partial charge in [0.05, 0.1) is 17.2 Å². The van der Waals surface area contributed by atoms with Crippen LogP contribution in [0.3, 0.4) is 0 Å². The molecule has 0 spiro atoms. The van der Waals surface area contributed by atoms with Gasteiger partial charge in [0.15, 0.2) is 0 Å². The van der Waals surface area contributed by atoms with Crippen LogP contribution in [0.15, 0.2) is 10.9 Å². The van der Waals surface area contributed by atoms with Gasteiger partial charge in [-0.15, -0.1) is 11.3 Å². The van der Waals surface area contributed by atoms with E-state index in [9.17, 15) is 0 Å². The van der Waals surface area contributed by atoms with Gasteiger partial charge in [-0.2, -0.15) is 0 Å². The zero-order valence-corrected chi connectivity index (χ0v) is 10.3. The summed E-state index contributed by atoms with van der Waals surface area (Å²) < 4.78 is 0. The van der Waals surface area contributed by atoms with Crippen LogP contribution >= 0.6 is 11.3 Å². The van der Waals surface area contributed by atoms with Gasteiger partial charge in [0.25, 0.3) is 0 Å². The molecule has 1 aliphatic carbocycles. The summed E-state index contributed by atoms with van der Waals surface area (Å²) in [5.41, 5.74) is 9.48. The Morgan fingerprint density at radius 3 is 2.88 bits per heavy atom. The van der Waals surface area contributed by atoms with Gasteiger partial charge >= 0.3 is 0 Å². The highest BCUT2D eigenvalue weighted by Gasteiger charge is 2.38. The van der Waals surface area contributed by atoms with Crippen molar-refractivity contribution in [3.8, 4) is 0 Å². The molecule has 16 heavy (non-hydrogen) atoms. The van der Waals surface area contributed by atoms with Crippen molar-refractivity contribution >= 4 is 11.3 Å². The second kappa shape index (κ2) is 4.43. The number of rotatable bonds is 2. The quantitative estimate of drug-likeness (QED) is 0.857. The van der Waals surface area contributed by atoms with Gasteiger partial charge in [-0.1, -0.05) is 6.42 Å². The lowest BCUT2D eigenvalue weighted by Crippen LogP contribution is -2.41. The van der Waals surface area contributed by atoms with E-state index in [0.717, 1.165) is 12.5 Å². The Morgan fingerprint density at radius 1 is 1.31 bits per heavy atom. The van der Waals surface area contributed by atoms with Gasteiger partial charge < -0.3 is 5.73 Å². The highest BCUT2D eigenvalue weighted by molar-refractivity contribution is 7.07. The molecular weight excluding hydrogens is 218 g/mol. The predicted molar refractivity (Wildman–Crippen MR) is 66.4 cm³/mol. The van der Waals surface area contributed by atoms with Gasteiger partial charge in [0, 0.05) is 17.5 Å². The first-order chi connectivity index (χ1) is 7.86. The molecule has 2 unspecified atom stereocenters. The first-order valence-electron chi connectivity index (χ1n) is 6.25. The predicted octanol–water partition coefficient (Wildman–Crippen LogP) is 2.16. The Kier molecular flexibility index (Phi) is 2.96. The van der Waals surface area contributed by atoms with Crippen molar-refractivity contribution in [2.45, 2.75) is 50.2 Å². The van der Waals surface area contributed by atoms with E-state index < -0.39 is 0 Å². The van der Waals surface area contributed by atoms with Crippen LogP contribution in [0.1, 0.15) is 43.8 Å². The zero-order chi connectivity index (χ0) is 11.0. The standard InChI is InChI=1S/C12H19N3S/c13-10-3-1-2-6-15(9-4-5-9)12(10)11-7-16-8-14-11/h7-10,12H,1-6,13H2. The topological polar surface area (TPSA) is 42.1 Å². The third-order valence-corrected chi connectivity index (χ3v) is 4.34. The average Bonchev–Trinajstić information content (AvgIpc) is 3.02. The van der Waals surface area contributed by atoms with Crippen LogP contribution in [0.2, 0.25) is 0 Å². The summed E-state index contributed by atoms with van der Waals surface area (Å²) in [6.45, 7) is 1.21. The normalized spacial score (nSPS) is 32.6. The Morgan fingerprint density at radius 2 is 2.19 bits per heavy atom. The van der Waals surface area contributed by atoms with Crippen LogP contribution in [0, 0.1) is 0 Å². The van der Waals surface area contributed by atoms with E-state index in [-0.39, 0.29) is 6.04 Å². The molecule has 2 atom stereocenters. The first kappa shape index (κ1) is 10.7. The summed E-state index contributed by atoms with van der Waals surface area (Å²) in [7, 11) is 0. The van der Waals surface area contributed by atoms with Gasteiger partial charge in [-0.05, 0) is 32.2 Å². The fraction of sp³-hybridized carbons (Fsp3) is 0.750. The highest BCUT2D eigenvalue weighted by atomic mass is 32.1. The molecule has 0 amide bonds. The molecule has 88 valence electrons.